The van der Waals surface area contributed by atoms with Crippen LogP contribution in [0.5, 0.6) is 0 Å². The first-order chi connectivity index (χ1) is 9.83. The molecule has 2 fully saturated rings. The van der Waals surface area contributed by atoms with Crippen LogP contribution in [0.1, 0.15) is 6.42 Å². The number of aromatic nitrogens is 1. The molecule has 20 heavy (non-hydrogen) atoms. The second-order valence-corrected chi connectivity index (χ2v) is 5.67. The number of nitrogens with zero attached hydrogens (tertiary/aromatic N) is 3. The third kappa shape index (κ3) is 3.29. The maximum atomic E-state index is 10.0. The van der Waals surface area contributed by atoms with Crippen LogP contribution in [-0.4, -0.2) is 67.0 Å². The molecule has 1 N–H and O–H groups in total. The highest BCUT2D eigenvalue weighted by Gasteiger charge is 2.27. The van der Waals surface area contributed by atoms with Crippen molar-refractivity contribution in [2.75, 3.05) is 50.8 Å². The zero-order valence-corrected chi connectivity index (χ0v) is 11.8. The fraction of sp³-hybridized carbons (Fsp3) is 0.667. The average Bonchev–Trinajstić information content (AvgIpc) is 2.51. The SMILES string of the molecule is OC1CCOCC1CN1CCN(c2ccccn2)CC1. The summed E-state index contributed by atoms with van der Waals surface area (Å²) in [5.74, 6) is 1.33. The molecule has 1 aromatic rings. The van der Waals surface area contributed by atoms with Gasteiger partial charge in [0.25, 0.3) is 0 Å². The number of ether oxygens (including phenoxy) is 1. The average molecular weight is 277 g/mol. The smallest absolute Gasteiger partial charge is 0.128 e. The first-order valence-electron chi connectivity index (χ1n) is 7.47. The Bertz CT molecular complexity index is 407. The summed E-state index contributed by atoms with van der Waals surface area (Å²) >= 11 is 0. The predicted molar refractivity (Wildman–Crippen MR) is 77.8 cm³/mol. The number of aliphatic hydroxyl groups is 1. The number of pyridine rings is 1. The number of anilines is 1. The van der Waals surface area contributed by atoms with Crippen LogP contribution in [0, 0.1) is 5.92 Å². The molecule has 2 aliphatic heterocycles. The zero-order chi connectivity index (χ0) is 13.8. The van der Waals surface area contributed by atoms with Gasteiger partial charge < -0.3 is 14.7 Å². The molecule has 0 saturated carbocycles. The highest BCUT2D eigenvalue weighted by molar-refractivity contribution is 5.38. The van der Waals surface area contributed by atoms with Crippen molar-refractivity contribution < 1.29 is 9.84 Å². The minimum atomic E-state index is -0.197. The fourth-order valence-corrected chi connectivity index (χ4v) is 2.99. The normalized spacial score (nSPS) is 28.6. The minimum Gasteiger partial charge on any atom is -0.393 e. The van der Waals surface area contributed by atoms with Gasteiger partial charge in [-0.3, -0.25) is 4.90 Å². The van der Waals surface area contributed by atoms with Crippen LogP contribution in [0.4, 0.5) is 5.82 Å². The van der Waals surface area contributed by atoms with E-state index >= 15 is 0 Å². The van der Waals surface area contributed by atoms with Crippen molar-refractivity contribution in [1.82, 2.24) is 9.88 Å². The lowest BCUT2D eigenvalue weighted by Crippen LogP contribution is -2.50. The largest absolute Gasteiger partial charge is 0.393 e. The van der Waals surface area contributed by atoms with E-state index in [2.05, 4.69) is 20.9 Å². The van der Waals surface area contributed by atoms with E-state index in [0.29, 0.717) is 13.2 Å². The minimum absolute atomic E-state index is 0.197. The van der Waals surface area contributed by atoms with Gasteiger partial charge in [-0.05, 0) is 18.6 Å². The molecule has 110 valence electrons. The lowest BCUT2D eigenvalue weighted by molar-refractivity contribution is -0.0469. The van der Waals surface area contributed by atoms with Gasteiger partial charge in [-0.25, -0.2) is 4.98 Å². The monoisotopic (exact) mass is 277 g/mol. The molecule has 5 heteroatoms. The van der Waals surface area contributed by atoms with Gasteiger partial charge in [0.05, 0.1) is 12.7 Å². The predicted octanol–water partition coefficient (Wildman–Crippen LogP) is 0.601. The van der Waals surface area contributed by atoms with Crippen LogP contribution in [0.25, 0.3) is 0 Å². The summed E-state index contributed by atoms with van der Waals surface area (Å²) in [5.41, 5.74) is 0. The molecule has 0 amide bonds. The third-order valence-corrected chi connectivity index (χ3v) is 4.27. The van der Waals surface area contributed by atoms with E-state index in [-0.39, 0.29) is 12.0 Å². The molecule has 3 heterocycles. The summed E-state index contributed by atoms with van der Waals surface area (Å²) in [6.07, 6.45) is 2.42. The molecule has 0 radical (unpaired) electrons. The third-order valence-electron chi connectivity index (χ3n) is 4.27. The molecule has 0 aliphatic carbocycles. The van der Waals surface area contributed by atoms with Crippen LogP contribution < -0.4 is 4.90 Å². The highest BCUT2D eigenvalue weighted by atomic mass is 16.5. The van der Waals surface area contributed by atoms with Crippen molar-refractivity contribution in [3.63, 3.8) is 0 Å². The molecule has 5 nitrogen and oxygen atoms in total. The van der Waals surface area contributed by atoms with Crippen LogP contribution >= 0.6 is 0 Å². The van der Waals surface area contributed by atoms with Gasteiger partial charge in [0.2, 0.25) is 0 Å². The maximum absolute atomic E-state index is 10.0. The molecule has 2 atom stereocenters. The summed E-state index contributed by atoms with van der Waals surface area (Å²) in [6, 6.07) is 6.04. The van der Waals surface area contributed by atoms with Gasteiger partial charge >= 0.3 is 0 Å². The van der Waals surface area contributed by atoms with Crippen molar-refractivity contribution >= 4 is 5.82 Å². The second-order valence-electron chi connectivity index (χ2n) is 5.67. The van der Waals surface area contributed by atoms with Crippen molar-refractivity contribution in [3.05, 3.63) is 24.4 Å². The highest BCUT2D eigenvalue weighted by Crippen LogP contribution is 2.18. The second kappa shape index (κ2) is 6.52. The van der Waals surface area contributed by atoms with E-state index in [1.54, 1.807) is 0 Å². The Hall–Kier alpha value is -1.17. The molecule has 0 spiro atoms. The number of rotatable bonds is 3. The van der Waals surface area contributed by atoms with E-state index in [4.69, 9.17) is 4.74 Å². The van der Waals surface area contributed by atoms with E-state index in [1.807, 2.05) is 18.3 Å². The number of piperazine rings is 1. The summed E-state index contributed by atoms with van der Waals surface area (Å²) in [5, 5.41) is 10.0. The van der Waals surface area contributed by atoms with Crippen molar-refractivity contribution in [3.8, 4) is 0 Å². The van der Waals surface area contributed by atoms with E-state index < -0.39 is 0 Å². The Morgan fingerprint density at radius 1 is 1.25 bits per heavy atom. The first kappa shape index (κ1) is 13.8. The Balaban J connectivity index is 1.49. The molecule has 3 rings (SSSR count). The van der Waals surface area contributed by atoms with Crippen molar-refractivity contribution in [1.29, 1.82) is 0 Å². The van der Waals surface area contributed by atoms with Crippen molar-refractivity contribution in [2.24, 2.45) is 5.92 Å². The number of hydrogen-bond acceptors (Lipinski definition) is 5. The summed E-state index contributed by atoms with van der Waals surface area (Å²) in [4.78, 5) is 9.16. The van der Waals surface area contributed by atoms with Gasteiger partial charge in [0.15, 0.2) is 0 Å². The van der Waals surface area contributed by atoms with Gasteiger partial charge in [-0.1, -0.05) is 6.07 Å². The molecular weight excluding hydrogens is 254 g/mol. The maximum Gasteiger partial charge on any atom is 0.128 e. The lowest BCUT2D eigenvalue weighted by Gasteiger charge is -2.38. The van der Waals surface area contributed by atoms with Gasteiger partial charge in [-0.2, -0.15) is 0 Å². The van der Waals surface area contributed by atoms with E-state index in [1.165, 1.54) is 0 Å². The Morgan fingerprint density at radius 2 is 2.10 bits per heavy atom. The molecule has 2 unspecified atom stereocenters. The summed E-state index contributed by atoms with van der Waals surface area (Å²) in [6.45, 7) is 6.39. The molecule has 0 aromatic carbocycles. The zero-order valence-electron chi connectivity index (χ0n) is 11.8. The Kier molecular flexibility index (Phi) is 4.50. The molecule has 2 aliphatic rings. The Labute approximate surface area is 120 Å². The van der Waals surface area contributed by atoms with Crippen LogP contribution in [0.3, 0.4) is 0 Å². The summed E-state index contributed by atoms with van der Waals surface area (Å²) in [7, 11) is 0. The van der Waals surface area contributed by atoms with Gasteiger partial charge in [-0.15, -0.1) is 0 Å². The fourth-order valence-electron chi connectivity index (χ4n) is 2.99. The molecular formula is C15H23N3O2. The molecule has 1 aromatic heterocycles. The standard InChI is InChI=1S/C15H23N3O2/c19-14-4-10-20-12-13(14)11-17-6-8-18(9-7-17)15-3-1-2-5-16-15/h1-3,5,13-14,19H,4,6-12H2. The topological polar surface area (TPSA) is 48.8 Å². The quantitative estimate of drug-likeness (QED) is 0.877. The lowest BCUT2D eigenvalue weighted by atomic mass is 9.98. The first-order valence-corrected chi connectivity index (χ1v) is 7.47. The van der Waals surface area contributed by atoms with Crippen molar-refractivity contribution in [2.45, 2.75) is 12.5 Å². The molecule has 2 saturated heterocycles. The Morgan fingerprint density at radius 3 is 2.80 bits per heavy atom. The number of hydrogen-bond donors (Lipinski definition) is 1. The van der Waals surface area contributed by atoms with Crippen LogP contribution in [0.15, 0.2) is 24.4 Å². The summed E-state index contributed by atoms with van der Waals surface area (Å²) < 4.78 is 5.48. The van der Waals surface area contributed by atoms with E-state index in [9.17, 15) is 5.11 Å². The number of aliphatic hydroxyl groups excluding tert-OH is 1. The van der Waals surface area contributed by atoms with E-state index in [0.717, 1.165) is 45.0 Å². The molecule has 0 bridgehead atoms. The van der Waals surface area contributed by atoms with Gasteiger partial charge in [0.1, 0.15) is 5.82 Å². The van der Waals surface area contributed by atoms with Crippen LogP contribution in [-0.2, 0) is 4.74 Å². The van der Waals surface area contributed by atoms with Crippen LogP contribution in [0.2, 0.25) is 0 Å². The van der Waals surface area contributed by atoms with Gasteiger partial charge in [0, 0.05) is 51.4 Å².